The van der Waals surface area contributed by atoms with E-state index in [0.29, 0.717) is 0 Å². The van der Waals surface area contributed by atoms with Gasteiger partial charge in [0.2, 0.25) is 0 Å². The minimum Gasteiger partial charge on any atom is -0.399 e. The van der Waals surface area contributed by atoms with Gasteiger partial charge < -0.3 is 5.73 Å². The maximum Gasteiger partial charge on any atom is 0.264 e. The number of hydrogen-bond donors (Lipinski definition) is 2. The van der Waals surface area contributed by atoms with Crippen molar-refractivity contribution in [3.8, 4) is 0 Å². The summed E-state index contributed by atoms with van der Waals surface area (Å²) >= 11 is 5.58. The van der Waals surface area contributed by atoms with Crippen molar-refractivity contribution < 1.29 is 17.2 Å². The van der Waals surface area contributed by atoms with E-state index in [4.69, 9.17) is 17.3 Å². The zero-order chi connectivity index (χ0) is 15.8. The van der Waals surface area contributed by atoms with Crippen molar-refractivity contribution in [3.63, 3.8) is 0 Å². The van der Waals surface area contributed by atoms with Crippen molar-refractivity contribution in [1.29, 1.82) is 0 Å². The first-order valence-electron chi connectivity index (χ1n) is 5.74. The minimum atomic E-state index is -4.31. The summed E-state index contributed by atoms with van der Waals surface area (Å²) in [6.07, 6.45) is 0. The van der Waals surface area contributed by atoms with E-state index in [-0.39, 0.29) is 22.0 Å². The average molecular weight is 333 g/mol. The van der Waals surface area contributed by atoms with Crippen molar-refractivity contribution >= 4 is 33.0 Å². The van der Waals surface area contributed by atoms with Crippen LogP contribution in [0.2, 0.25) is 5.02 Å². The van der Waals surface area contributed by atoms with E-state index in [9.17, 15) is 17.2 Å². The molecule has 0 spiro atoms. The topological polar surface area (TPSA) is 72.2 Å². The fourth-order valence-electron chi connectivity index (χ4n) is 1.73. The van der Waals surface area contributed by atoms with Crippen LogP contribution in [0.5, 0.6) is 0 Å². The van der Waals surface area contributed by atoms with Gasteiger partial charge >= 0.3 is 0 Å². The van der Waals surface area contributed by atoms with Gasteiger partial charge in [-0.1, -0.05) is 11.6 Å². The molecule has 0 bridgehead atoms. The summed E-state index contributed by atoms with van der Waals surface area (Å²) in [5.74, 6) is -1.81. The van der Waals surface area contributed by atoms with E-state index >= 15 is 0 Å². The number of halogens is 3. The van der Waals surface area contributed by atoms with Crippen LogP contribution in [0.4, 0.5) is 20.2 Å². The van der Waals surface area contributed by atoms with Crippen LogP contribution < -0.4 is 10.5 Å². The third-order valence-electron chi connectivity index (χ3n) is 2.71. The summed E-state index contributed by atoms with van der Waals surface area (Å²) in [6.45, 7) is 1.38. The highest BCUT2D eigenvalue weighted by Gasteiger charge is 2.22. The number of anilines is 2. The van der Waals surface area contributed by atoms with Crippen molar-refractivity contribution in [2.24, 2.45) is 0 Å². The highest BCUT2D eigenvalue weighted by Crippen LogP contribution is 2.26. The Hall–Kier alpha value is -1.86. The van der Waals surface area contributed by atoms with E-state index in [2.05, 4.69) is 0 Å². The highest BCUT2D eigenvalue weighted by atomic mass is 35.5. The van der Waals surface area contributed by atoms with Gasteiger partial charge in [-0.3, -0.25) is 4.72 Å². The first-order valence-corrected chi connectivity index (χ1v) is 7.60. The standard InChI is InChI=1S/C13H11ClF2N2O2S/c1-7-4-9(17)6-12(13(7)16)21(19,20)18-11-3-2-8(14)5-10(11)15/h2-6,18H,17H2,1H3. The van der Waals surface area contributed by atoms with Crippen molar-refractivity contribution in [3.05, 3.63) is 52.6 Å². The lowest BCUT2D eigenvalue weighted by atomic mass is 10.2. The molecule has 0 heterocycles. The van der Waals surface area contributed by atoms with Crippen LogP contribution in [0.25, 0.3) is 0 Å². The molecule has 2 aromatic rings. The van der Waals surface area contributed by atoms with Crippen LogP contribution in [0.3, 0.4) is 0 Å². The lowest BCUT2D eigenvalue weighted by molar-refractivity contribution is 0.564. The molecule has 3 N–H and O–H groups in total. The number of benzene rings is 2. The SMILES string of the molecule is Cc1cc(N)cc(S(=O)(=O)Nc2ccc(Cl)cc2F)c1F. The number of hydrogen-bond acceptors (Lipinski definition) is 3. The van der Waals surface area contributed by atoms with Crippen molar-refractivity contribution in [1.82, 2.24) is 0 Å². The van der Waals surface area contributed by atoms with Gasteiger partial charge in [-0.05, 0) is 42.8 Å². The predicted octanol–water partition coefficient (Wildman–Crippen LogP) is 3.31. The molecule has 0 aromatic heterocycles. The molecular formula is C13H11ClF2N2O2S. The van der Waals surface area contributed by atoms with Crippen LogP contribution in [-0.2, 0) is 10.0 Å². The second-order valence-electron chi connectivity index (χ2n) is 4.38. The molecule has 0 fully saturated rings. The summed E-state index contributed by atoms with van der Waals surface area (Å²) < 4.78 is 53.9. The van der Waals surface area contributed by atoms with Gasteiger partial charge in [0.05, 0.1) is 5.69 Å². The smallest absolute Gasteiger partial charge is 0.264 e. The number of nitrogens with two attached hydrogens (primary N) is 1. The molecule has 8 heteroatoms. The molecular weight excluding hydrogens is 322 g/mol. The quantitative estimate of drug-likeness (QED) is 0.847. The Labute approximate surface area is 125 Å². The van der Waals surface area contributed by atoms with Gasteiger partial charge in [-0.2, -0.15) is 0 Å². The molecule has 21 heavy (non-hydrogen) atoms. The average Bonchev–Trinajstić information content (AvgIpc) is 2.37. The number of rotatable bonds is 3. The van der Waals surface area contributed by atoms with Gasteiger partial charge in [0, 0.05) is 10.7 Å². The number of nitrogen functional groups attached to an aromatic ring is 1. The molecule has 0 aliphatic carbocycles. The highest BCUT2D eigenvalue weighted by molar-refractivity contribution is 7.92. The maximum absolute atomic E-state index is 14.0. The lowest BCUT2D eigenvalue weighted by Crippen LogP contribution is -2.16. The van der Waals surface area contributed by atoms with E-state index in [0.717, 1.165) is 18.2 Å². The third-order valence-corrected chi connectivity index (χ3v) is 4.31. The normalized spacial score (nSPS) is 11.4. The molecule has 4 nitrogen and oxygen atoms in total. The summed E-state index contributed by atoms with van der Waals surface area (Å²) in [7, 11) is -4.31. The molecule has 0 saturated heterocycles. The first kappa shape index (κ1) is 15.5. The maximum atomic E-state index is 14.0. The monoisotopic (exact) mass is 332 g/mol. The molecule has 0 amide bonds. The zero-order valence-corrected chi connectivity index (χ0v) is 12.4. The molecule has 0 saturated carbocycles. The van der Waals surface area contributed by atoms with Crippen LogP contribution in [0.15, 0.2) is 35.2 Å². The molecule has 0 radical (unpaired) electrons. The van der Waals surface area contributed by atoms with Gasteiger partial charge in [-0.25, -0.2) is 17.2 Å². The zero-order valence-electron chi connectivity index (χ0n) is 10.8. The Morgan fingerprint density at radius 2 is 1.86 bits per heavy atom. The number of nitrogens with one attached hydrogen (secondary N) is 1. The molecule has 0 atom stereocenters. The van der Waals surface area contributed by atoms with E-state index in [1.54, 1.807) is 0 Å². The van der Waals surface area contributed by atoms with Crippen LogP contribution in [0, 0.1) is 18.6 Å². The number of aryl methyl sites for hydroxylation is 1. The van der Waals surface area contributed by atoms with E-state index in [1.165, 1.54) is 19.1 Å². The Bertz CT molecular complexity index is 810. The molecule has 2 rings (SSSR count). The van der Waals surface area contributed by atoms with Gasteiger partial charge in [0.25, 0.3) is 10.0 Å². The number of sulfonamides is 1. The molecule has 2 aromatic carbocycles. The summed E-state index contributed by atoms with van der Waals surface area (Å²) in [5, 5.41) is 0.112. The van der Waals surface area contributed by atoms with Crippen LogP contribution >= 0.6 is 11.6 Å². The Kier molecular flexibility index (Phi) is 4.06. The Balaban J connectivity index is 2.48. The second kappa shape index (κ2) is 5.50. The molecule has 0 unspecified atom stereocenters. The summed E-state index contributed by atoms with van der Waals surface area (Å²) in [5.41, 5.74) is 5.35. The third kappa shape index (κ3) is 3.25. The fourth-order valence-corrected chi connectivity index (χ4v) is 3.14. The van der Waals surface area contributed by atoms with Crippen molar-refractivity contribution in [2.45, 2.75) is 11.8 Å². The van der Waals surface area contributed by atoms with E-state index < -0.39 is 26.6 Å². The van der Waals surface area contributed by atoms with Gasteiger partial charge in [0.15, 0.2) is 0 Å². The Morgan fingerprint density at radius 1 is 1.19 bits per heavy atom. The summed E-state index contributed by atoms with van der Waals surface area (Å²) in [4.78, 5) is -0.644. The largest absolute Gasteiger partial charge is 0.399 e. The minimum absolute atomic E-state index is 0.0759. The van der Waals surface area contributed by atoms with Gasteiger partial charge in [0.1, 0.15) is 16.5 Å². The second-order valence-corrected chi connectivity index (χ2v) is 6.47. The molecule has 112 valence electrons. The fraction of sp³-hybridized carbons (Fsp3) is 0.0769. The van der Waals surface area contributed by atoms with Crippen LogP contribution in [0.1, 0.15) is 5.56 Å². The van der Waals surface area contributed by atoms with Crippen molar-refractivity contribution in [2.75, 3.05) is 10.5 Å². The predicted molar refractivity (Wildman–Crippen MR) is 77.8 cm³/mol. The van der Waals surface area contributed by atoms with Gasteiger partial charge in [-0.15, -0.1) is 0 Å². The molecule has 0 aliphatic heterocycles. The molecule has 0 aliphatic rings. The first-order chi connectivity index (χ1) is 9.70. The summed E-state index contributed by atoms with van der Waals surface area (Å²) in [6, 6.07) is 5.67. The Morgan fingerprint density at radius 3 is 2.48 bits per heavy atom. The van der Waals surface area contributed by atoms with Crippen LogP contribution in [-0.4, -0.2) is 8.42 Å². The van der Waals surface area contributed by atoms with E-state index in [1.807, 2.05) is 4.72 Å². The lowest BCUT2D eigenvalue weighted by Gasteiger charge is -2.11.